The first-order valence-electron chi connectivity index (χ1n) is 7.25. The Morgan fingerprint density at radius 3 is 2.68 bits per heavy atom. The molecule has 0 heterocycles. The molecule has 0 spiro atoms. The first-order chi connectivity index (χ1) is 9.15. The van der Waals surface area contributed by atoms with Crippen molar-refractivity contribution >= 4 is 15.9 Å². The molecule has 1 saturated carbocycles. The lowest BCUT2D eigenvalue weighted by Crippen LogP contribution is -2.39. The normalized spacial score (nSPS) is 20.2. The van der Waals surface area contributed by atoms with E-state index in [1.165, 1.54) is 24.8 Å². The second kappa shape index (κ2) is 6.87. The number of aliphatic hydroxyl groups is 1. The second-order valence-corrected chi connectivity index (χ2v) is 6.79. The van der Waals surface area contributed by atoms with Gasteiger partial charge in [0.15, 0.2) is 0 Å². The smallest absolute Gasteiger partial charge is 0.0499 e. The highest BCUT2D eigenvalue weighted by Crippen LogP contribution is 2.35. The van der Waals surface area contributed by atoms with Crippen LogP contribution in [0.3, 0.4) is 0 Å². The van der Waals surface area contributed by atoms with Crippen LogP contribution in [-0.2, 0) is 0 Å². The SMILES string of the molecule is C[C@H](NCC1(CO)CCCCC1)c1cccc(Br)c1. The Hall–Kier alpha value is -0.380. The van der Waals surface area contributed by atoms with Gasteiger partial charge in [0.1, 0.15) is 0 Å². The van der Waals surface area contributed by atoms with Gasteiger partial charge in [-0.3, -0.25) is 0 Å². The zero-order valence-corrected chi connectivity index (χ0v) is 13.2. The first-order valence-corrected chi connectivity index (χ1v) is 8.04. The molecule has 1 aromatic carbocycles. The molecule has 106 valence electrons. The quantitative estimate of drug-likeness (QED) is 0.856. The van der Waals surface area contributed by atoms with Crippen LogP contribution in [-0.4, -0.2) is 18.3 Å². The summed E-state index contributed by atoms with van der Waals surface area (Å²) in [4.78, 5) is 0. The van der Waals surface area contributed by atoms with E-state index in [-0.39, 0.29) is 5.41 Å². The molecule has 0 bridgehead atoms. The molecule has 0 unspecified atom stereocenters. The summed E-state index contributed by atoms with van der Waals surface area (Å²) in [5.41, 5.74) is 1.40. The summed E-state index contributed by atoms with van der Waals surface area (Å²) in [5.74, 6) is 0. The van der Waals surface area contributed by atoms with Gasteiger partial charge in [-0.05, 0) is 37.5 Å². The van der Waals surface area contributed by atoms with Crippen molar-refractivity contribution in [3.8, 4) is 0 Å². The van der Waals surface area contributed by atoms with Gasteiger partial charge in [-0.25, -0.2) is 0 Å². The van der Waals surface area contributed by atoms with E-state index in [1.807, 2.05) is 6.07 Å². The first kappa shape index (κ1) is 15.0. The van der Waals surface area contributed by atoms with Crippen LogP contribution in [0.25, 0.3) is 0 Å². The largest absolute Gasteiger partial charge is 0.396 e. The molecule has 0 radical (unpaired) electrons. The maximum Gasteiger partial charge on any atom is 0.0499 e. The van der Waals surface area contributed by atoms with E-state index in [0.717, 1.165) is 23.9 Å². The minimum absolute atomic E-state index is 0.110. The lowest BCUT2D eigenvalue weighted by atomic mass is 9.74. The second-order valence-electron chi connectivity index (χ2n) is 5.88. The third-order valence-electron chi connectivity index (χ3n) is 4.38. The van der Waals surface area contributed by atoms with Gasteiger partial charge in [0.05, 0.1) is 0 Å². The van der Waals surface area contributed by atoms with Crippen LogP contribution in [0.5, 0.6) is 0 Å². The maximum atomic E-state index is 9.72. The molecule has 0 aromatic heterocycles. The van der Waals surface area contributed by atoms with Crippen molar-refractivity contribution in [3.63, 3.8) is 0 Å². The van der Waals surface area contributed by atoms with Crippen molar-refractivity contribution < 1.29 is 5.11 Å². The van der Waals surface area contributed by atoms with Gasteiger partial charge < -0.3 is 10.4 Å². The number of rotatable bonds is 5. The molecule has 2 nitrogen and oxygen atoms in total. The van der Waals surface area contributed by atoms with Crippen LogP contribution in [0.1, 0.15) is 50.6 Å². The molecule has 2 rings (SSSR count). The fourth-order valence-corrected chi connectivity index (χ4v) is 3.37. The van der Waals surface area contributed by atoms with Crippen molar-refractivity contribution in [2.75, 3.05) is 13.2 Å². The Morgan fingerprint density at radius 1 is 1.32 bits per heavy atom. The van der Waals surface area contributed by atoms with E-state index in [9.17, 15) is 5.11 Å². The summed E-state index contributed by atoms with van der Waals surface area (Å²) < 4.78 is 1.12. The van der Waals surface area contributed by atoms with E-state index in [2.05, 4.69) is 46.4 Å². The highest BCUT2D eigenvalue weighted by molar-refractivity contribution is 9.10. The van der Waals surface area contributed by atoms with E-state index in [1.54, 1.807) is 0 Å². The third kappa shape index (κ3) is 4.04. The van der Waals surface area contributed by atoms with Gasteiger partial charge in [-0.1, -0.05) is 47.3 Å². The zero-order valence-electron chi connectivity index (χ0n) is 11.7. The third-order valence-corrected chi connectivity index (χ3v) is 4.87. The van der Waals surface area contributed by atoms with Gasteiger partial charge in [0, 0.05) is 29.1 Å². The monoisotopic (exact) mass is 325 g/mol. The molecule has 1 atom stereocenters. The van der Waals surface area contributed by atoms with Crippen LogP contribution >= 0.6 is 15.9 Å². The summed E-state index contributed by atoms with van der Waals surface area (Å²) in [7, 11) is 0. The maximum absolute atomic E-state index is 9.72. The Labute approximate surface area is 124 Å². The molecule has 1 aliphatic carbocycles. The topological polar surface area (TPSA) is 32.3 Å². The van der Waals surface area contributed by atoms with Crippen molar-refractivity contribution in [1.82, 2.24) is 5.32 Å². The number of aliphatic hydroxyl groups excluding tert-OH is 1. The van der Waals surface area contributed by atoms with Gasteiger partial charge in [-0.2, -0.15) is 0 Å². The zero-order chi connectivity index (χ0) is 13.7. The van der Waals surface area contributed by atoms with Crippen molar-refractivity contribution in [2.24, 2.45) is 5.41 Å². The Bertz CT molecular complexity index is 401. The van der Waals surface area contributed by atoms with Crippen molar-refractivity contribution in [3.05, 3.63) is 34.3 Å². The molecule has 1 aromatic rings. The summed E-state index contributed by atoms with van der Waals surface area (Å²) in [6.07, 6.45) is 6.15. The van der Waals surface area contributed by atoms with Crippen molar-refractivity contribution in [2.45, 2.75) is 45.1 Å². The molecule has 0 aliphatic heterocycles. The molecule has 1 aliphatic rings. The fourth-order valence-electron chi connectivity index (χ4n) is 2.96. The molecule has 19 heavy (non-hydrogen) atoms. The highest BCUT2D eigenvalue weighted by Gasteiger charge is 2.31. The van der Waals surface area contributed by atoms with E-state index in [0.29, 0.717) is 12.6 Å². The number of nitrogens with one attached hydrogen (secondary N) is 1. The molecular weight excluding hydrogens is 302 g/mol. The van der Waals surface area contributed by atoms with Gasteiger partial charge in [0.25, 0.3) is 0 Å². The number of benzene rings is 1. The summed E-state index contributed by atoms with van der Waals surface area (Å²) in [6.45, 7) is 3.41. The lowest BCUT2D eigenvalue weighted by molar-refractivity contribution is 0.0789. The van der Waals surface area contributed by atoms with Crippen LogP contribution in [0.4, 0.5) is 0 Å². The molecule has 1 fully saturated rings. The lowest BCUT2D eigenvalue weighted by Gasteiger charge is -2.36. The average Bonchev–Trinajstić information content (AvgIpc) is 2.46. The van der Waals surface area contributed by atoms with E-state index >= 15 is 0 Å². The molecule has 0 saturated heterocycles. The van der Waals surface area contributed by atoms with Crippen LogP contribution in [0.2, 0.25) is 0 Å². The molecule has 3 heteroatoms. The molecule has 0 amide bonds. The van der Waals surface area contributed by atoms with E-state index < -0.39 is 0 Å². The Morgan fingerprint density at radius 2 is 2.05 bits per heavy atom. The van der Waals surface area contributed by atoms with Gasteiger partial charge >= 0.3 is 0 Å². The van der Waals surface area contributed by atoms with Gasteiger partial charge in [0.2, 0.25) is 0 Å². The van der Waals surface area contributed by atoms with Crippen molar-refractivity contribution in [1.29, 1.82) is 0 Å². The fraction of sp³-hybridized carbons (Fsp3) is 0.625. The summed E-state index contributed by atoms with van der Waals surface area (Å²) in [5, 5.41) is 13.3. The van der Waals surface area contributed by atoms with Crippen LogP contribution < -0.4 is 5.32 Å². The summed E-state index contributed by atoms with van der Waals surface area (Å²) >= 11 is 3.51. The van der Waals surface area contributed by atoms with Crippen LogP contribution in [0.15, 0.2) is 28.7 Å². The standard InChI is InChI=1S/C16H24BrNO/c1-13(14-6-5-7-15(17)10-14)18-11-16(12-19)8-3-2-4-9-16/h5-7,10,13,18-19H,2-4,8-9,11-12H2,1H3/t13-/m0/s1. The van der Waals surface area contributed by atoms with E-state index in [4.69, 9.17) is 0 Å². The highest BCUT2D eigenvalue weighted by atomic mass is 79.9. The molecular formula is C16H24BrNO. The number of halogens is 1. The predicted molar refractivity (Wildman–Crippen MR) is 83.2 cm³/mol. The number of hydrogen-bond acceptors (Lipinski definition) is 2. The minimum Gasteiger partial charge on any atom is -0.396 e. The Kier molecular flexibility index (Phi) is 5.43. The summed E-state index contributed by atoms with van der Waals surface area (Å²) in [6, 6.07) is 8.74. The Balaban J connectivity index is 1.93. The average molecular weight is 326 g/mol. The molecule has 2 N–H and O–H groups in total. The predicted octanol–water partition coefficient (Wildman–Crippen LogP) is 4.04. The minimum atomic E-state index is 0.110. The number of hydrogen-bond donors (Lipinski definition) is 2. The van der Waals surface area contributed by atoms with Gasteiger partial charge in [-0.15, -0.1) is 0 Å². The van der Waals surface area contributed by atoms with Crippen LogP contribution in [0, 0.1) is 5.41 Å².